The number of aliphatic carboxylic acids is 1. The topological polar surface area (TPSA) is 104 Å². The Balaban J connectivity index is 2.99. The van der Waals surface area contributed by atoms with Crippen molar-refractivity contribution in [3.8, 4) is 0 Å². The number of carbonyl (C=O) groups excluding carboxylic acids is 1. The number of carbonyl (C=O) groups is 2. The summed E-state index contributed by atoms with van der Waals surface area (Å²) in [6.07, 6.45) is -0.0138. The van der Waals surface area contributed by atoms with E-state index in [0.717, 1.165) is 0 Å². The van der Waals surface area contributed by atoms with Crippen LogP contribution in [0.25, 0.3) is 0 Å². The first-order valence-corrected chi connectivity index (χ1v) is 6.75. The number of carboxylic acid groups (broad SMARTS) is 1. The summed E-state index contributed by atoms with van der Waals surface area (Å²) in [6.45, 7) is 5.88. The maximum Gasteiger partial charge on any atom is 0.305 e. The van der Waals surface area contributed by atoms with E-state index in [1.54, 1.807) is 25.2 Å². The molecule has 1 atom stereocenters. The molecule has 0 aromatic heterocycles. The summed E-state index contributed by atoms with van der Waals surface area (Å²) < 4.78 is 0. The van der Waals surface area contributed by atoms with E-state index in [2.05, 4.69) is 10.6 Å². The Morgan fingerprint density at radius 2 is 1.95 bits per heavy atom. The van der Waals surface area contributed by atoms with Crippen LogP contribution in [0.15, 0.2) is 18.2 Å². The third-order valence-corrected chi connectivity index (χ3v) is 3.29. The van der Waals surface area contributed by atoms with E-state index in [-0.39, 0.29) is 23.8 Å². The molecule has 0 unspecified atom stereocenters. The normalized spacial score (nSPS) is 12.6. The van der Waals surface area contributed by atoms with Crippen LogP contribution in [0.1, 0.15) is 37.6 Å². The number of benzene rings is 1. The van der Waals surface area contributed by atoms with Gasteiger partial charge in [0.15, 0.2) is 0 Å². The Morgan fingerprint density at radius 3 is 2.38 bits per heavy atom. The average molecular weight is 293 g/mol. The van der Waals surface area contributed by atoms with Crippen LogP contribution < -0.4 is 16.4 Å². The summed E-state index contributed by atoms with van der Waals surface area (Å²) in [7, 11) is 1.55. The van der Waals surface area contributed by atoms with Crippen molar-refractivity contribution < 1.29 is 14.7 Å². The number of carboxylic acids is 1. The second kappa shape index (κ2) is 6.47. The fourth-order valence-electron chi connectivity index (χ4n) is 1.92. The molecule has 0 aliphatic carbocycles. The zero-order valence-corrected chi connectivity index (χ0v) is 12.9. The van der Waals surface area contributed by atoms with Gasteiger partial charge in [0.1, 0.15) is 0 Å². The van der Waals surface area contributed by atoms with Gasteiger partial charge in [-0.15, -0.1) is 0 Å². The fourth-order valence-corrected chi connectivity index (χ4v) is 1.92. The third-order valence-electron chi connectivity index (χ3n) is 3.29. The summed E-state index contributed by atoms with van der Waals surface area (Å²) in [5.74, 6) is -1.09. The Labute approximate surface area is 124 Å². The van der Waals surface area contributed by atoms with Crippen LogP contribution in [0.2, 0.25) is 0 Å². The highest BCUT2D eigenvalue weighted by Crippen LogP contribution is 2.28. The Bertz CT molecular complexity index is 535. The lowest BCUT2D eigenvalue weighted by Crippen LogP contribution is -2.36. The Kier molecular flexibility index (Phi) is 5.18. The second-order valence-electron chi connectivity index (χ2n) is 6.04. The van der Waals surface area contributed by atoms with Gasteiger partial charge in [0.05, 0.1) is 17.8 Å². The van der Waals surface area contributed by atoms with Gasteiger partial charge in [0, 0.05) is 18.7 Å². The maximum atomic E-state index is 11.5. The number of rotatable bonds is 5. The van der Waals surface area contributed by atoms with Crippen molar-refractivity contribution >= 4 is 23.3 Å². The smallest absolute Gasteiger partial charge is 0.305 e. The molecule has 1 aromatic rings. The van der Waals surface area contributed by atoms with Crippen LogP contribution in [-0.2, 0) is 4.79 Å². The predicted molar refractivity (Wildman–Crippen MR) is 83.4 cm³/mol. The number of hydrogen-bond acceptors (Lipinski definition) is 4. The molecule has 0 fully saturated rings. The molecule has 0 bridgehead atoms. The molecule has 0 aliphatic heterocycles. The minimum absolute atomic E-state index is 0.0138. The zero-order valence-electron chi connectivity index (χ0n) is 12.9. The minimum Gasteiger partial charge on any atom is -0.481 e. The first-order valence-electron chi connectivity index (χ1n) is 6.75. The first kappa shape index (κ1) is 16.8. The quantitative estimate of drug-likeness (QED) is 0.621. The standard InChI is InChI=1S/C15H23N3O3/c1-15(2,3)12(8-13(19)20)18-11-6-5-9(7-10(11)16)14(21)17-4/h5-7,12,18H,8,16H2,1-4H3,(H,17,21)(H,19,20)/t12-/m0/s1. The van der Waals surface area contributed by atoms with Crippen molar-refractivity contribution in [1.29, 1.82) is 0 Å². The summed E-state index contributed by atoms with van der Waals surface area (Å²) in [6, 6.07) is 4.64. The highest BCUT2D eigenvalue weighted by Gasteiger charge is 2.27. The van der Waals surface area contributed by atoms with Gasteiger partial charge in [0.2, 0.25) is 0 Å². The van der Waals surface area contributed by atoms with E-state index in [1.807, 2.05) is 20.8 Å². The number of hydrogen-bond donors (Lipinski definition) is 4. The summed E-state index contributed by atoms with van der Waals surface area (Å²) >= 11 is 0. The summed E-state index contributed by atoms with van der Waals surface area (Å²) in [5, 5.41) is 14.7. The van der Waals surface area contributed by atoms with Crippen LogP contribution in [0.3, 0.4) is 0 Å². The molecule has 6 nitrogen and oxygen atoms in total. The first-order chi connectivity index (χ1) is 9.65. The molecule has 6 heteroatoms. The summed E-state index contributed by atoms with van der Waals surface area (Å²) in [5.41, 5.74) is 7.21. The lowest BCUT2D eigenvalue weighted by atomic mass is 9.84. The van der Waals surface area contributed by atoms with Gasteiger partial charge in [-0.3, -0.25) is 9.59 Å². The van der Waals surface area contributed by atoms with Gasteiger partial charge in [-0.2, -0.15) is 0 Å². The van der Waals surface area contributed by atoms with Crippen molar-refractivity contribution in [3.05, 3.63) is 23.8 Å². The van der Waals surface area contributed by atoms with Crippen LogP contribution in [0.4, 0.5) is 11.4 Å². The molecule has 116 valence electrons. The predicted octanol–water partition coefficient (Wildman–Crippen LogP) is 1.93. The molecule has 1 rings (SSSR count). The molecule has 0 aliphatic rings. The number of nitrogens with one attached hydrogen (secondary N) is 2. The van der Waals surface area contributed by atoms with E-state index < -0.39 is 5.97 Å². The van der Waals surface area contributed by atoms with Crippen LogP contribution in [0.5, 0.6) is 0 Å². The molecule has 0 heterocycles. The van der Waals surface area contributed by atoms with E-state index >= 15 is 0 Å². The minimum atomic E-state index is -0.872. The fraction of sp³-hybridized carbons (Fsp3) is 0.467. The zero-order chi connectivity index (χ0) is 16.2. The molecule has 0 saturated carbocycles. The molecule has 1 aromatic carbocycles. The van der Waals surface area contributed by atoms with Crippen molar-refractivity contribution in [2.24, 2.45) is 5.41 Å². The van der Waals surface area contributed by atoms with E-state index in [4.69, 9.17) is 10.8 Å². The lowest BCUT2D eigenvalue weighted by Gasteiger charge is -2.31. The molecule has 0 saturated heterocycles. The molecular weight excluding hydrogens is 270 g/mol. The average Bonchev–Trinajstić information content (AvgIpc) is 2.37. The van der Waals surface area contributed by atoms with Crippen molar-refractivity contribution in [2.45, 2.75) is 33.2 Å². The highest BCUT2D eigenvalue weighted by molar-refractivity contribution is 5.96. The molecule has 0 spiro atoms. The Hall–Kier alpha value is -2.24. The van der Waals surface area contributed by atoms with Gasteiger partial charge >= 0.3 is 5.97 Å². The Morgan fingerprint density at radius 1 is 1.33 bits per heavy atom. The van der Waals surface area contributed by atoms with Crippen molar-refractivity contribution in [3.63, 3.8) is 0 Å². The van der Waals surface area contributed by atoms with Crippen molar-refractivity contribution in [1.82, 2.24) is 5.32 Å². The van der Waals surface area contributed by atoms with Gasteiger partial charge in [-0.25, -0.2) is 0 Å². The maximum absolute atomic E-state index is 11.5. The van der Waals surface area contributed by atoms with Crippen molar-refractivity contribution in [2.75, 3.05) is 18.1 Å². The highest BCUT2D eigenvalue weighted by atomic mass is 16.4. The molecule has 5 N–H and O–H groups in total. The van der Waals surface area contributed by atoms with E-state index in [9.17, 15) is 9.59 Å². The van der Waals surface area contributed by atoms with Gasteiger partial charge in [0.25, 0.3) is 5.91 Å². The molecule has 21 heavy (non-hydrogen) atoms. The van der Waals surface area contributed by atoms with Crippen LogP contribution in [-0.4, -0.2) is 30.1 Å². The van der Waals surface area contributed by atoms with Gasteiger partial charge < -0.3 is 21.5 Å². The van der Waals surface area contributed by atoms with Crippen LogP contribution in [0, 0.1) is 5.41 Å². The number of nitrogens with two attached hydrogens (primary N) is 1. The largest absolute Gasteiger partial charge is 0.481 e. The second-order valence-corrected chi connectivity index (χ2v) is 6.04. The SMILES string of the molecule is CNC(=O)c1ccc(N[C@@H](CC(=O)O)C(C)(C)C)c(N)c1. The summed E-state index contributed by atoms with van der Waals surface area (Å²) in [4.78, 5) is 22.5. The van der Waals surface area contributed by atoms with Gasteiger partial charge in [-0.05, 0) is 23.6 Å². The van der Waals surface area contributed by atoms with Crippen LogP contribution >= 0.6 is 0 Å². The molecule has 1 amide bonds. The van der Waals surface area contributed by atoms with Gasteiger partial charge in [-0.1, -0.05) is 20.8 Å². The monoisotopic (exact) mass is 293 g/mol. The molecular formula is C15H23N3O3. The van der Waals surface area contributed by atoms with E-state index in [1.165, 1.54) is 0 Å². The number of anilines is 2. The third kappa shape index (κ3) is 4.66. The number of nitrogen functional groups attached to an aromatic ring is 1. The number of amides is 1. The van der Waals surface area contributed by atoms with E-state index in [0.29, 0.717) is 16.9 Å². The molecule has 0 radical (unpaired) electrons. The lowest BCUT2D eigenvalue weighted by molar-refractivity contribution is -0.137.